The summed E-state index contributed by atoms with van der Waals surface area (Å²) in [6.07, 6.45) is 0.892. The number of halogens is 2. The van der Waals surface area contributed by atoms with Crippen molar-refractivity contribution in [3.05, 3.63) is 85.6 Å². The molecule has 0 aliphatic rings. The number of phenolic OH excluding ortho intramolecular Hbond substituents is 3. The molecule has 0 fully saturated rings. The van der Waals surface area contributed by atoms with E-state index in [0.717, 1.165) is 18.2 Å². The monoisotopic (exact) mass is 552 g/mol. The molecule has 154 valence electrons. The van der Waals surface area contributed by atoms with Crippen molar-refractivity contribution in [2.75, 3.05) is 0 Å². The zero-order valence-electron chi connectivity index (χ0n) is 15.1. The molecule has 3 N–H and O–H groups in total. The molecule has 0 unspecified atom stereocenters. The molecule has 0 spiro atoms. The summed E-state index contributed by atoms with van der Waals surface area (Å²) in [4.78, 5) is 12.4. The molecule has 30 heavy (non-hydrogen) atoms. The van der Waals surface area contributed by atoms with E-state index in [9.17, 15) is 28.5 Å². The minimum atomic E-state index is -4.36. The Labute approximate surface area is 189 Å². The first-order valence-electron chi connectivity index (χ1n) is 8.38. The van der Waals surface area contributed by atoms with Gasteiger partial charge in [0, 0.05) is 26.6 Å². The van der Waals surface area contributed by atoms with Crippen LogP contribution < -0.4 is 0 Å². The largest absolute Gasteiger partial charge is 0.508 e. The molecule has 0 heterocycles. The number of rotatable bonds is 5. The van der Waals surface area contributed by atoms with Gasteiger partial charge >= 0.3 is 0 Å². The summed E-state index contributed by atoms with van der Waals surface area (Å²) in [7, 11) is -4.36. The van der Waals surface area contributed by atoms with Gasteiger partial charge in [-0.25, -0.2) is 8.42 Å². The van der Waals surface area contributed by atoms with Crippen molar-refractivity contribution in [2.24, 2.45) is 0 Å². The summed E-state index contributed by atoms with van der Waals surface area (Å²) in [5.74, 6) is -2.42. The fourth-order valence-corrected chi connectivity index (χ4v) is 5.32. The SMILES string of the molecule is O=C(/C(=C\c1c(O)cc(O)cc1O)S(=O)(=O)c1ccccc1Br)c1ccc(Br)cc1. The molecular formula is C21H14Br2O6S. The van der Waals surface area contributed by atoms with Crippen LogP contribution in [-0.2, 0) is 9.84 Å². The van der Waals surface area contributed by atoms with E-state index in [0.29, 0.717) is 4.47 Å². The molecule has 0 atom stereocenters. The van der Waals surface area contributed by atoms with Gasteiger partial charge in [0.25, 0.3) is 0 Å². The number of carbonyl (C=O) groups is 1. The molecule has 0 saturated carbocycles. The summed E-state index contributed by atoms with van der Waals surface area (Å²) in [6.45, 7) is 0. The van der Waals surface area contributed by atoms with E-state index >= 15 is 0 Å². The minimum Gasteiger partial charge on any atom is -0.508 e. The van der Waals surface area contributed by atoms with Gasteiger partial charge in [-0.1, -0.05) is 28.1 Å². The minimum absolute atomic E-state index is 0.0952. The Morgan fingerprint density at radius 2 is 1.43 bits per heavy atom. The van der Waals surface area contributed by atoms with E-state index in [-0.39, 0.29) is 20.5 Å². The van der Waals surface area contributed by atoms with Gasteiger partial charge in [-0.15, -0.1) is 0 Å². The summed E-state index contributed by atoms with van der Waals surface area (Å²) in [5.41, 5.74) is -0.221. The Hall–Kier alpha value is -2.62. The van der Waals surface area contributed by atoms with E-state index in [1.807, 2.05) is 0 Å². The van der Waals surface area contributed by atoms with Crippen LogP contribution in [-0.4, -0.2) is 29.5 Å². The first-order valence-corrected chi connectivity index (χ1v) is 11.4. The molecule has 9 heteroatoms. The first kappa shape index (κ1) is 22.1. The summed E-state index contributed by atoms with van der Waals surface area (Å²) in [6, 6.07) is 13.9. The molecule has 3 rings (SSSR count). The van der Waals surface area contributed by atoms with Gasteiger partial charge in [0.1, 0.15) is 22.2 Å². The third-order valence-corrected chi connectivity index (χ3v) is 7.44. The van der Waals surface area contributed by atoms with E-state index < -0.39 is 37.8 Å². The van der Waals surface area contributed by atoms with Crippen molar-refractivity contribution in [3.8, 4) is 17.2 Å². The van der Waals surface area contributed by atoms with E-state index in [4.69, 9.17) is 0 Å². The predicted octanol–water partition coefficient (Wildman–Crippen LogP) is 5.03. The van der Waals surface area contributed by atoms with E-state index in [2.05, 4.69) is 31.9 Å². The van der Waals surface area contributed by atoms with Gasteiger partial charge in [0.15, 0.2) is 0 Å². The molecule has 6 nitrogen and oxygen atoms in total. The molecule has 3 aromatic rings. The number of aromatic hydroxyl groups is 3. The van der Waals surface area contributed by atoms with Crippen LogP contribution in [0.15, 0.2) is 79.4 Å². The second-order valence-electron chi connectivity index (χ2n) is 6.18. The average molecular weight is 554 g/mol. The molecule has 0 aliphatic carbocycles. The molecule has 0 amide bonds. The highest BCUT2D eigenvalue weighted by atomic mass is 79.9. The first-order chi connectivity index (χ1) is 14.1. The number of phenols is 3. The third-order valence-electron chi connectivity index (χ3n) is 4.14. The normalized spacial score (nSPS) is 12.0. The Morgan fingerprint density at radius 1 is 0.867 bits per heavy atom. The highest BCUT2D eigenvalue weighted by molar-refractivity contribution is 9.10. The van der Waals surface area contributed by atoms with Crippen molar-refractivity contribution >= 4 is 53.6 Å². The van der Waals surface area contributed by atoms with Crippen molar-refractivity contribution < 1.29 is 28.5 Å². The number of Topliss-reactive ketones (excluding diaryl/α,β-unsaturated/α-hetero) is 1. The second kappa shape index (κ2) is 8.63. The number of sulfone groups is 1. The summed E-state index contributed by atoms with van der Waals surface area (Å²) < 4.78 is 27.7. The van der Waals surface area contributed by atoms with Crippen molar-refractivity contribution in [1.82, 2.24) is 0 Å². The fourth-order valence-electron chi connectivity index (χ4n) is 2.68. The van der Waals surface area contributed by atoms with Crippen LogP contribution in [0.5, 0.6) is 17.2 Å². The molecule has 3 aromatic carbocycles. The van der Waals surface area contributed by atoms with Gasteiger partial charge in [-0.05, 0) is 58.4 Å². The highest BCUT2D eigenvalue weighted by Gasteiger charge is 2.30. The standard InChI is InChI=1S/C21H14Br2O6S/c22-13-7-5-12(6-8-13)21(27)20(11-15-17(25)9-14(24)10-18(15)26)30(28,29)19-4-2-1-3-16(19)23/h1-11,24-26H/b20-11+. The van der Waals surface area contributed by atoms with Crippen LogP contribution in [0.3, 0.4) is 0 Å². The lowest BCUT2D eigenvalue weighted by Crippen LogP contribution is -2.15. The highest BCUT2D eigenvalue weighted by Crippen LogP contribution is 2.37. The second-order valence-corrected chi connectivity index (χ2v) is 9.83. The Bertz CT molecular complexity index is 1240. The third kappa shape index (κ3) is 4.43. The summed E-state index contributed by atoms with van der Waals surface area (Å²) in [5, 5.41) is 29.7. The van der Waals surface area contributed by atoms with Gasteiger partial charge in [0.2, 0.25) is 15.6 Å². The smallest absolute Gasteiger partial charge is 0.211 e. The zero-order valence-corrected chi connectivity index (χ0v) is 19.1. The Balaban J connectivity index is 2.28. The molecular weight excluding hydrogens is 540 g/mol. The molecule has 0 saturated heterocycles. The zero-order chi connectivity index (χ0) is 22.1. The number of ketones is 1. The predicted molar refractivity (Wildman–Crippen MR) is 119 cm³/mol. The van der Waals surface area contributed by atoms with Crippen LogP contribution in [0, 0.1) is 0 Å². The molecule has 0 aromatic heterocycles. The molecule has 0 radical (unpaired) electrons. The number of allylic oxidation sites excluding steroid dienone is 1. The van der Waals surface area contributed by atoms with Crippen LogP contribution in [0.25, 0.3) is 6.08 Å². The van der Waals surface area contributed by atoms with Crippen molar-refractivity contribution in [1.29, 1.82) is 0 Å². The van der Waals surface area contributed by atoms with Crippen LogP contribution in [0.4, 0.5) is 0 Å². The maximum Gasteiger partial charge on any atom is 0.211 e. The number of hydrogen-bond donors (Lipinski definition) is 3. The fraction of sp³-hybridized carbons (Fsp3) is 0. The molecule has 0 aliphatic heterocycles. The van der Waals surface area contributed by atoms with Gasteiger partial charge < -0.3 is 15.3 Å². The van der Waals surface area contributed by atoms with Crippen molar-refractivity contribution in [2.45, 2.75) is 4.90 Å². The van der Waals surface area contributed by atoms with Gasteiger partial charge in [-0.3, -0.25) is 4.79 Å². The van der Waals surface area contributed by atoms with E-state index in [1.165, 1.54) is 30.3 Å². The average Bonchev–Trinajstić information content (AvgIpc) is 2.67. The maximum atomic E-state index is 13.4. The van der Waals surface area contributed by atoms with Crippen molar-refractivity contribution in [3.63, 3.8) is 0 Å². The van der Waals surface area contributed by atoms with Crippen LogP contribution in [0.1, 0.15) is 15.9 Å². The Kier molecular flexibility index (Phi) is 6.35. The lowest BCUT2D eigenvalue weighted by atomic mass is 10.1. The van der Waals surface area contributed by atoms with Crippen LogP contribution >= 0.6 is 31.9 Å². The lowest BCUT2D eigenvalue weighted by molar-refractivity contribution is 0.104. The lowest BCUT2D eigenvalue weighted by Gasteiger charge is -2.12. The topological polar surface area (TPSA) is 112 Å². The quantitative estimate of drug-likeness (QED) is 0.302. The van der Waals surface area contributed by atoms with Crippen LogP contribution in [0.2, 0.25) is 0 Å². The molecule has 0 bridgehead atoms. The number of hydrogen-bond acceptors (Lipinski definition) is 6. The van der Waals surface area contributed by atoms with Gasteiger partial charge in [-0.2, -0.15) is 0 Å². The number of carbonyl (C=O) groups excluding carboxylic acids is 1. The number of benzene rings is 3. The maximum absolute atomic E-state index is 13.4. The van der Waals surface area contributed by atoms with E-state index in [1.54, 1.807) is 18.2 Å². The summed E-state index contributed by atoms with van der Waals surface area (Å²) >= 11 is 6.44. The van der Waals surface area contributed by atoms with Gasteiger partial charge in [0.05, 0.1) is 10.5 Å². The Morgan fingerprint density at radius 3 is 2.00 bits per heavy atom.